The van der Waals surface area contributed by atoms with Gasteiger partial charge in [0.05, 0.1) is 18.8 Å². The van der Waals surface area contributed by atoms with Crippen LogP contribution in [0.15, 0.2) is 6.20 Å². The van der Waals surface area contributed by atoms with Crippen LogP contribution in [0.2, 0.25) is 0 Å². The molecule has 1 rings (SSSR count). The summed E-state index contributed by atoms with van der Waals surface area (Å²) < 4.78 is 7.07. The molecule has 1 aromatic heterocycles. The fourth-order valence-electron chi connectivity index (χ4n) is 1.19. The van der Waals surface area contributed by atoms with Crippen LogP contribution in [-0.4, -0.2) is 33.7 Å². The summed E-state index contributed by atoms with van der Waals surface area (Å²) in [6, 6.07) is 0. The summed E-state index contributed by atoms with van der Waals surface area (Å²) in [5, 5.41) is 11.5. The molecule has 92 valence electrons. The summed E-state index contributed by atoms with van der Waals surface area (Å²) in [6.07, 6.45) is 1.96. The van der Waals surface area contributed by atoms with Gasteiger partial charge in [0.25, 0.3) is 0 Å². The lowest BCUT2D eigenvalue weighted by Crippen LogP contribution is -2.35. The van der Waals surface area contributed by atoms with Gasteiger partial charge in [0.15, 0.2) is 0 Å². The number of nitrogens with one attached hydrogen (secondary N) is 1. The van der Waals surface area contributed by atoms with Gasteiger partial charge in [-0.2, -0.15) is 0 Å². The van der Waals surface area contributed by atoms with E-state index in [0.29, 0.717) is 6.61 Å². The molecule has 5 nitrogen and oxygen atoms in total. The number of ether oxygens (including phenoxy) is 1. The molecule has 0 aliphatic rings. The molecule has 1 N–H and O–H groups in total. The Morgan fingerprint density at radius 2 is 2.19 bits per heavy atom. The van der Waals surface area contributed by atoms with E-state index in [-0.39, 0.29) is 5.54 Å². The van der Waals surface area contributed by atoms with E-state index in [1.807, 2.05) is 17.8 Å². The van der Waals surface area contributed by atoms with Gasteiger partial charge in [-0.3, -0.25) is 0 Å². The smallest absolute Gasteiger partial charge is 0.0965 e. The minimum atomic E-state index is 0.106. The van der Waals surface area contributed by atoms with Gasteiger partial charge in [0.1, 0.15) is 0 Å². The van der Waals surface area contributed by atoms with E-state index < -0.39 is 0 Å². The highest BCUT2D eigenvalue weighted by Gasteiger charge is 2.09. The molecule has 0 aliphatic carbocycles. The maximum Gasteiger partial charge on any atom is 0.0965 e. The molecule has 1 heterocycles. The number of rotatable bonds is 6. The van der Waals surface area contributed by atoms with Crippen LogP contribution < -0.4 is 5.32 Å². The van der Waals surface area contributed by atoms with Crippen LogP contribution in [-0.2, 0) is 17.8 Å². The Labute approximate surface area is 97.2 Å². The number of hydrogen-bond acceptors (Lipinski definition) is 4. The SMILES string of the molecule is CCOCCn1cc(CNC(C)(C)C)nn1. The molecule has 0 radical (unpaired) electrons. The zero-order valence-electron chi connectivity index (χ0n) is 10.7. The fourth-order valence-corrected chi connectivity index (χ4v) is 1.19. The average Bonchev–Trinajstić information content (AvgIpc) is 2.62. The highest BCUT2D eigenvalue weighted by atomic mass is 16.5. The number of hydrogen-bond donors (Lipinski definition) is 1. The molecule has 0 bridgehead atoms. The second-order valence-electron chi connectivity index (χ2n) is 4.77. The largest absolute Gasteiger partial charge is 0.380 e. The second-order valence-corrected chi connectivity index (χ2v) is 4.77. The third-order valence-electron chi connectivity index (χ3n) is 2.05. The Morgan fingerprint density at radius 1 is 1.44 bits per heavy atom. The van der Waals surface area contributed by atoms with E-state index in [9.17, 15) is 0 Å². The molecule has 0 saturated carbocycles. The van der Waals surface area contributed by atoms with Gasteiger partial charge in [0, 0.05) is 24.9 Å². The molecule has 0 fully saturated rings. The van der Waals surface area contributed by atoms with E-state index in [1.165, 1.54) is 0 Å². The number of nitrogens with zero attached hydrogens (tertiary/aromatic N) is 3. The van der Waals surface area contributed by atoms with Crippen LogP contribution in [0, 0.1) is 0 Å². The molecular formula is C11H22N4O. The maximum atomic E-state index is 5.26. The molecule has 5 heteroatoms. The Kier molecular flexibility index (Phi) is 4.89. The second kappa shape index (κ2) is 5.96. The first-order chi connectivity index (χ1) is 7.51. The molecule has 0 atom stereocenters. The van der Waals surface area contributed by atoms with Gasteiger partial charge in [-0.15, -0.1) is 5.10 Å². The predicted octanol–water partition coefficient (Wildman–Crippen LogP) is 1.20. The summed E-state index contributed by atoms with van der Waals surface area (Å²) >= 11 is 0. The molecule has 0 unspecified atom stereocenters. The van der Waals surface area contributed by atoms with E-state index >= 15 is 0 Å². The summed E-state index contributed by atoms with van der Waals surface area (Å²) in [7, 11) is 0. The van der Waals surface area contributed by atoms with Gasteiger partial charge in [-0.05, 0) is 27.7 Å². The first kappa shape index (κ1) is 13.1. The zero-order valence-corrected chi connectivity index (χ0v) is 10.7. The Hall–Kier alpha value is -0.940. The van der Waals surface area contributed by atoms with Crippen LogP contribution in [0.5, 0.6) is 0 Å². The third kappa shape index (κ3) is 5.23. The van der Waals surface area contributed by atoms with Crippen molar-refractivity contribution in [1.29, 1.82) is 0 Å². The van der Waals surface area contributed by atoms with E-state index in [0.717, 1.165) is 25.4 Å². The first-order valence-corrected chi connectivity index (χ1v) is 5.73. The monoisotopic (exact) mass is 226 g/mol. The van der Waals surface area contributed by atoms with Gasteiger partial charge >= 0.3 is 0 Å². The minimum Gasteiger partial charge on any atom is -0.380 e. The molecule has 0 aliphatic heterocycles. The summed E-state index contributed by atoms with van der Waals surface area (Å²) in [5.41, 5.74) is 1.07. The van der Waals surface area contributed by atoms with Crippen molar-refractivity contribution in [2.45, 2.75) is 46.3 Å². The van der Waals surface area contributed by atoms with Crippen molar-refractivity contribution in [3.63, 3.8) is 0 Å². The average molecular weight is 226 g/mol. The van der Waals surface area contributed by atoms with Crippen LogP contribution >= 0.6 is 0 Å². The van der Waals surface area contributed by atoms with Gasteiger partial charge < -0.3 is 10.1 Å². The standard InChI is InChI=1S/C11H22N4O/c1-5-16-7-6-15-9-10(13-14-15)8-12-11(2,3)4/h9,12H,5-8H2,1-4H3. The summed E-state index contributed by atoms with van der Waals surface area (Å²) in [6.45, 7) is 11.3. The first-order valence-electron chi connectivity index (χ1n) is 5.73. The van der Waals surface area contributed by atoms with Crippen LogP contribution in [0.3, 0.4) is 0 Å². The Bertz CT molecular complexity index is 303. The molecule has 0 aromatic carbocycles. The summed E-state index contributed by atoms with van der Waals surface area (Å²) in [4.78, 5) is 0. The quantitative estimate of drug-likeness (QED) is 0.741. The molecule has 0 spiro atoms. The van der Waals surface area contributed by atoms with E-state index in [2.05, 4.69) is 36.4 Å². The highest BCUT2D eigenvalue weighted by Crippen LogP contribution is 2.01. The topological polar surface area (TPSA) is 52.0 Å². The van der Waals surface area contributed by atoms with Crippen molar-refractivity contribution in [3.05, 3.63) is 11.9 Å². The normalized spacial score (nSPS) is 12.0. The zero-order chi connectivity index (χ0) is 12.0. The molecule has 16 heavy (non-hydrogen) atoms. The Balaban J connectivity index is 2.33. The minimum absolute atomic E-state index is 0.106. The van der Waals surface area contributed by atoms with Crippen molar-refractivity contribution in [1.82, 2.24) is 20.3 Å². The van der Waals surface area contributed by atoms with Gasteiger partial charge in [-0.25, -0.2) is 4.68 Å². The van der Waals surface area contributed by atoms with Gasteiger partial charge in [0.2, 0.25) is 0 Å². The van der Waals surface area contributed by atoms with Crippen molar-refractivity contribution in [2.75, 3.05) is 13.2 Å². The lowest BCUT2D eigenvalue weighted by molar-refractivity contribution is 0.136. The molecule has 0 saturated heterocycles. The molecule has 0 amide bonds. The van der Waals surface area contributed by atoms with Crippen molar-refractivity contribution < 1.29 is 4.74 Å². The van der Waals surface area contributed by atoms with Crippen molar-refractivity contribution >= 4 is 0 Å². The van der Waals surface area contributed by atoms with E-state index in [4.69, 9.17) is 4.74 Å². The highest BCUT2D eigenvalue weighted by molar-refractivity contribution is 4.92. The van der Waals surface area contributed by atoms with Crippen LogP contribution in [0.25, 0.3) is 0 Å². The third-order valence-corrected chi connectivity index (χ3v) is 2.05. The molecule has 1 aromatic rings. The maximum absolute atomic E-state index is 5.26. The van der Waals surface area contributed by atoms with Crippen molar-refractivity contribution in [2.24, 2.45) is 0 Å². The number of aromatic nitrogens is 3. The predicted molar refractivity (Wildman–Crippen MR) is 63.1 cm³/mol. The lowest BCUT2D eigenvalue weighted by Gasteiger charge is -2.19. The fraction of sp³-hybridized carbons (Fsp3) is 0.818. The van der Waals surface area contributed by atoms with Crippen LogP contribution in [0.4, 0.5) is 0 Å². The lowest BCUT2D eigenvalue weighted by atomic mass is 10.1. The van der Waals surface area contributed by atoms with Crippen molar-refractivity contribution in [3.8, 4) is 0 Å². The molecular weight excluding hydrogens is 204 g/mol. The van der Waals surface area contributed by atoms with E-state index in [1.54, 1.807) is 0 Å². The summed E-state index contributed by atoms with van der Waals surface area (Å²) in [5.74, 6) is 0. The van der Waals surface area contributed by atoms with Crippen LogP contribution in [0.1, 0.15) is 33.4 Å². The Morgan fingerprint density at radius 3 is 2.81 bits per heavy atom. The van der Waals surface area contributed by atoms with Gasteiger partial charge in [-0.1, -0.05) is 5.21 Å².